The number of likely N-dealkylation sites (tertiary alicyclic amines) is 1. The second kappa shape index (κ2) is 5.17. The predicted molar refractivity (Wildman–Crippen MR) is 80.4 cm³/mol. The molecule has 2 aromatic carbocycles. The number of ether oxygens (including phenoxy) is 1. The van der Waals surface area contributed by atoms with Crippen molar-refractivity contribution >= 4 is 8.28 Å². The van der Waals surface area contributed by atoms with Crippen LogP contribution in [-0.4, -0.2) is 24.4 Å². The van der Waals surface area contributed by atoms with E-state index in [1.807, 2.05) is 24.1 Å². The molecule has 0 bridgehead atoms. The third-order valence-corrected chi connectivity index (χ3v) is 5.55. The topological polar surface area (TPSA) is 29.5 Å². The molecule has 2 aliphatic rings. The van der Waals surface area contributed by atoms with Gasteiger partial charge in [0, 0.05) is 0 Å². The molecule has 0 saturated carbocycles. The monoisotopic (exact) mass is 367 g/mol. The maximum atomic E-state index is 12.7. The number of nitrogens with zero attached hydrogens (tertiary/aromatic N) is 1. The van der Waals surface area contributed by atoms with Crippen molar-refractivity contribution in [1.29, 1.82) is 0 Å². The summed E-state index contributed by atoms with van der Waals surface area (Å²) in [5.41, 5.74) is 3.42. The fraction of sp³-hybridized carbons (Fsp3) is 0.278. The van der Waals surface area contributed by atoms with Crippen LogP contribution < -0.4 is 7.11 Å². The summed E-state index contributed by atoms with van der Waals surface area (Å²) in [6.45, 7) is 2.84. The molecule has 4 heteroatoms. The number of likely N-dealkylation sites (N-methyl/N-ethyl adjacent to an activating group) is 1. The Kier molecular flexibility index (Phi) is 3.39. The van der Waals surface area contributed by atoms with Crippen molar-refractivity contribution in [2.75, 3.05) is 13.6 Å². The fourth-order valence-corrected chi connectivity index (χ4v) is 4.28. The summed E-state index contributed by atoms with van der Waals surface area (Å²) < 4.78 is 7.46. The number of aryl methyl sites for hydroxylation is 1. The molecule has 0 aliphatic carbocycles. The number of rotatable bonds is 0. The molecule has 2 aromatic rings. The Morgan fingerprint density at radius 3 is 2.68 bits per heavy atom. The Morgan fingerprint density at radius 2 is 1.86 bits per heavy atom. The van der Waals surface area contributed by atoms with E-state index < -0.39 is 0 Å². The number of fused-ring (bicyclic) bond motifs is 5. The molecule has 1 amide bonds. The van der Waals surface area contributed by atoms with Crippen LogP contribution in [0.2, 0.25) is 0 Å². The first kappa shape index (κ1) is 14.4. The molecule has 0 aromatic heterocycles. The van der Waals surface area contributed by atoms with Gasteiger partial charge < -0.3 is 0 Å². The van der Waals surface area contributed by atoms with E-state index >= 15 is 0 Å². The van der Waals surface area contributed by atoms with Gasteiger partial charge in [0.15, 0.2) is 0 Å². The molecule has 2 aliphatic heterocycles. The van der Waals surface area contributed by atoms with E-state index in [4.69, 9.17) is 4.74 Å². The molecule has 2 heterocycles. The van der Waals surface area contributed by atoms with E-state index in [0.29, 0.717) is 0 Å². The van der Waals surface area contributed by atoms with Gasteiger partial charge in [0.25, 0.3) is 0 Å². The van der Waals surface area contributed by atoms with Crippen molar-refractivity contribution in [3.8, 4) is 11.5 Å². The molecular weight excluding hydrogens is 351 g/mol. The summed E-state index contributed by atoms with van der Waals surface area (Å²) >= 11 is 1.05. The third-order valence-electron chi connectivity index (χ3n) is 4.67. The predicted octanol–water partition coefficient (Wildman–Crippen LogP) is 2.61. The van der Waals surface area contributed by atoms with Gasteiger partial charge in [-0.2, -0.15) is 0 Å². The normalized spacial score (nSPS) is 22.4. The van der Waals surface area contributed by atoms with E-state index in [2.05, 4.69) is 31.2 Å². The fourth-order valence-electron chi connectivity index (χ4n) is 3.60. The van der Waals surface area contributed by atoms with Crippen LogP contribution in [0.5, 0.6) is 11.5 Å². The van der Waals surface area contributed by atoms with Crippen molar-refractivity contribution in [3.05, 3.63) is 53.1 Å². The molecule has 2 atom stereocenters. The minimum absolute atomic E-state index is 0.115. The number of carbonyl (C=O) groups is 1. The zero-order valence-electron chi connectivity index (χ0n) is 12.7. The van der Waals surface area contributed by atoms with Crippen molar-refractivity contribution < 1.29 is 40.5 Å². The number of carbonyl (C=O) groups excluding carboxylic acids is 1. The van der Waals surface area contributed by atoms with Crippen LogP contribution in [-0.2, 0) is 35.7 Å². The Balaban J connectivity index is 1.98. The summed E-state index contributed by atoms with van der Waals surface area (Å²) in [4.78, 5) is 14.6. The van der Waals surface area contributed by atoms with E-state index in [-0.39, 0.29) is 17.7 Å². The molecule has 0 radical (unpaired) electrons. The van der Waals surface area contributed by atoms with Crippen molar-refractivity contribution in [3.63, 3.8) is 0 Å². The average Bonchev–Trinajstić information content (AvgIpc) is 2.71. The second-order valence-corrected chi connectivity index (χ2v) is 7.88. The zero-order valence-corrected chi connectivity index (χ0v) is 15.5. The van der Waals surface area contributed by atoms with Crippen LogP contribution in [0.4, 0.5) is 0 Å². The number of amides is 1. The molecule has 0 N–H and O–H groups in total. The number of hydrogen-bond acceptors (Lipinski definition) is 2. The number of benzene rings is 2. The molecule has 22 heavy (non-hydrogen) atoms. The first-order valence-electron chi connectivity index (χ1n) is 7.47. The SMILES string of the molecule is Cc1ccc2c(c1)[C@H]1CN(C)C(=O)[C@@H]1c1c[c]([Y])ccc1O2. The summed E-state index contributed by atoms with van der Waals surface area (Å²) in [5, 5.41) is 0. The van der Waals surface area contributed by atoms with Gasteiger partial charge in [-0.05, 0) is 0 Å². The van der Waals surface area contributed by atoms with Gasteiger partial charge in [-0.3, -0.25) is 0 Å². The molecule has 1 fully saturated rings. The molecule has 108 valence electrons. The minimum atomic E-state index is -0.115. The molecular formula is C18H16NO2Y. The first-order chi connectivity index (χ1) is 10.5. The number of hydrogen-bond donors (Lipinski definition) is 0. The Labute approximate surface area is 150 Å². The van der Waals surface area contributed by atoms with Gasteiger partial charge in [0.05, 0.1) is 0 Å². The van der Waals surface area contributed by atoms with Gasteiger partial charge >= 0.3 is 151 Å². The van der Waals surface area contributed by atoms with Gasteiger partial charge in [-0.1, -0.05) is 0 Å². The van der Waals surface area contributed by atoms with Gasteiger partial charge in [0.2, 0.25) is 0 Å². The van der Waals surface area contributed by atoms with E-state index in [1.54, 1.807) is 0 Å². The maximum absolute atomic E-state index is 12.7. The quantitative estimate of drug-likeness (QED) is 0.717. The van der Waals surface area contributed by atoms with Crippen LogP contribution in [0.1, 0.15) is 28.5 Å². The van der Waals surface area contributed by atoms with E-state index in [1.165, 1.54) is 7.94 Å². The van der Waals surface area contributed by atoms with Crippen LogP contribution in [0.25, 0.3) is 0 Å². The Bertz CT molecular complexity index is 787. The summed E-state index contributed by atoms with van der Waals surface area (Å²) in [6.07, 6.45) is 0. The van der Waals surface area contributed by atoms with E-state index in [9.17, 15) is 4.79 Å². The Morgan fingerprint density at radius 1 is 1.14 bits per heavy atom. The van der Waals surface area contributed by atoms with Gasteiger partial charge in [-0.15, -0.1) is 0 Å². The summed E-state index contributed by atoms with van der Waals surface area (Å²) in [6, 6.07) is 12.6. The van der Waals surface area contributed by atoms with Gasteiger partial charge in [-0.25, -0.2) is 0 Å². The zero-order chi connectivity index (χ0) is 15.4. The van der Waals surface area contributed by atoms with Crippen LogP contribution in [0.3, 0.4) is 0 Å². The summed E-state index contributed by atoms with van der Waals surface area (Å²) in [7, 11) is 1.90. The van der Waals surface area contributed by atoms with E-state index in [0.717, 1.165) is 60.1 Å². The molecule has 0 spiro atoms. The third kappa shape index (κ3) is 2.14. The second-order valence-electron chi connectivity index (χ2n) is 6.24. The van der Waals surface area contributed by atoms with Crippen molar-refractivity contribution in [2.45, 2.75) is 18.8 Å². The van der Waals surface area contributed by atoms with Crippen molar-refractivity contribution in [1.82, 2.24) is 4.90 Å². The van der Waals surface area contributed by atoms with Crippen LogP contribution >= 0.6 is 0 Å². The van der Waals surface area contributed by atoms with Crippen molar-refractivity contribution in [2.24, 2.45) is 0 Å². The standard InChI is InChI=1S/C18H16NO2.Y/c1-11-7-8-16-13(9-11)14-10-19(2)18(20)17(14)12-5-3-4-6-15(12)21-16;/h4-9,14,17H,10H2,1-2H3;/t14-,17-;/m1./s1. The first-order valence-corrected chi connectivity index (χ1v) is 8.89. The Hall–Kier alpha value is -1.19. The molecule has 4 rings (SSSR count). The molecule has 3 nitrogen and oxygen atoms in total. The van der Waals surface area contributed by atoms with Gasteiger partial charge in [0.1, 0.15) is 0 Å². The van der Waals surface area contributed by atoms with Crippen LogP contribution in [0, 0.1) is 6.92 Å². The molecule has 1 saturated heterocycles. The molecule has 0 unspecified atom stereocenters. The average molecular weight is 367 g/mol. The van der Waals surface area contributed by atoms with Crippen LogP contribution in [0.15, 0.2) is 36.4 Å². The summed E-state index contributed by atoms with van der Waals surface area (Å²) in [5.74, 6) is 1.99.